The maximum atomic E-state index is 4.55. The van der Waals surface area contributed by atoms with Crippen molar-refractivity contribution in [2.75, 3.05) is 4.90 Å². The molecule has 1 aliphatic heterocycles. The molecule has 2 nitrogen and oxygen atoms in total. The van der Waals surface area contributed by atoms with Gasteiger partial charge in [-0.1, -0.05) is 30.3 Å². The quantitative estimate of drug-likeness (QED) is 0.313. The molecule has 0 fully saturated rings. The van der Waals surface area contributed by atoms with Crippen molar-refractivity contribution in [2.45, 2.75) is 0 Å². The van der Waals surface area contributed by atoms with Crippen molar-refractivity contribution in [3.05, 3.63) is 91.0 Å². The summed E-state index contributed by atoms with van der Waals surface area (Å²) in [5.74, 6) is 0. The van der Waals surface area contributed by atoms with Crippen LogP contribution in [0.3, 0.4) is 0 Å². The third-order valence-corrected chi connectivity index (χ3v) is 3.91. The molecule has 0 atom stereocenters. The number of benzene rings is 2. The largest absolute Gasteiger partial charge is 2.00 e. The normalized spacial score (nSPS) is 11.6. The summed E-state index contributed by atoms with van der Waals surface area (Å²) < 4.78 is 0. The fourth-order valence-electron chi connectivity index (χ4n) is 2.84. The molecule has 5 rings (SSSR count). The molecule has 0 bridgehead atoms. The van der Waals surface area contributed by atoms with Gasteiger partial charge in [-0.25, -0.2) is 12.1 Å². The first-order valence-corrected chi connectivity index (χ1v) is 7.67. The van der Waals surface area contributed by atoms with Crippen molar-refractivity contribution in [1.29, 1.82) is 0 Å². The van der Waals surface area contributed by atoms with Gasteiger partial charge in [0.15, 0.2) is 0 Å². The SMILES string of the molecule is C1=Nc2cccc3cccc(c23)N1[c-]1cccc1.[Fe+2].c1cc[cH-]c1. The summed E-state index contributed by atoms with van der Waals surface area (Å²) in [5.41, 5.74) is 3.40. The zero-order valence-electron chi connectivity index (χ0n) is 13.0. The molecule has 4 aromatic rings. The molecule has 0 spiro atoms. The van der Waals surface area contributed by atoms with Crippen molar-refractivity contribution < 1.29 is 17.1 Å². The second-order valence-electron chi connectivity index (χ2n) is 5.37. The minimum absolute atomic E-state index is 0. The van der Waals surface area contributed by atoms with Gasteiger partial charge in [-0.05, 0) is 28.2 Å². The van der Waals surface area contributed by atoms with Gasteiger partial charge in [-0.2, -0.15) is 30.3 Å². The second-order valence-corrected chi connectivity index (χ2v) is 5.37. The molecule has 1 aliphatic rings. The predicted octanol–water partition coefficient (Wildman–Crippen LogP) is 5.77. The van der Waals surface area contributed by atoms with Crippen LogP contribution in [0, 0.1) is 0 Å². The Morgan fingerprint density at radius 1 is 0.833 bits per heavy atom. The van der Waals surface area contributed by atoms with Crippen LogP contribution < -0.4 is 4.90 Å². The zero-order valence-corrected chi connectivity index (χ0v) is 14.1. The average molecular weight is 352 g/mol. The van der Waals surface area contributed by atoms with E-state index in [0.717, 1.165) is 11.4 Å². The molecule has 0 radical (unpaired) electrons. The molecule has 0 aromatic heterocycles. The molecule has 0 saturated carbocycles. The van der Waals surface area contributed by atoms with Gasteiger partial charge in [0, 0.05) is 6.34 Å². The fourth-order valence-corrected chi connectivity index (χ4v) is 2.84. The molecular formula is C21H16FeN2. The smallest absolute Gasteiger partial charge is 0.397 e. The third-order valence-electron chi connectivity index (χ3n) is 3.91. The van der Waals surface area contributed by atoms with Gasteiger partial charge in [0.25, 0.3) is 0 Å². The van der Waals surface area contributed by atoms with E-state index in [1.54, 1.807) is 0 Å². The van der Waals surface area contributed by atoms with Crippen LogP contribution in [0.15, 0.2) is 96.0 Å². The summed E-state index contributed by atoms with van der Waals surface area (Å²) >= 11 is 0. The van der Waals surface area contributed by atoms with Crippen LogP contribution in [-0.2, 0) is 17.1 Å². The molecule has 0 unspecified atom stereocenters. The fraction of sp³-hybridized carbons (Fsp3) is 0. The third kappa shape index (κ3) is 3.05. The summed E-state index contributed by atoms with van der Waals surface area (Å²) in [6.45, 7) is 0. The molecule has 0 amide bonds. The van der Waals surface area contributed by atoms with E-state index >= 15 is 0 Å². The van der Waals surface area contributed by atoms with Crippen molar-refractivity contribution >= 4 is 34.2 Å². The number of anilines is 2. The van der Waals surface area contributed by atoms with Gasteiger partial charge >= 0.3 is 17.1 Å². The van der Waals surface area contributed by atoms with Crippen LogP contribution in [0.2, 0.25) is 0 Å². The molecule has 0 N–H and O–H groups in total. The topological polar surface area (TPSA) is 15.6 Å². The van der Waals surface area contributed by atoms with Gasteiger partial charge in [-0.15, -0.1) is 12.1 Å². The minimum Gasteiger partial charge on any atom is -0.397 e. The Morgan fingerprint density at radius 2 is 1.54 bits per heavy atom. The van der Waals surface area contributed by atoms with E-state index in [1.165, 1.54) is 16.5 Å². The van der Waals surface area contributed by atoms with E-state index in [0.29, 0.717) is 0 Å². The molecule has 4 aromatic carbocycles. The Balaban J connectivity index is 0.000000245. The molecule has 118 valence electrons. The van der Waals surface area contributed by atoms with Crippen LogP contribution in [0.1, 0.15) is 0 Å². The standard InChI is InChI=1S/C16H11N2.C5H5.Fe/c1-2-8-13(7-1)18-11-17-14-9-3-5-12-6-4-10-15(18)16(12)14;1-2-4-5-3-1;/h1-11H;1-5H;/q2*-1;+2. The maximum Gasteiger partial charge on any atom is 2.00 e. The van der Waals surface area contributed by atoms with E-state index in [-0.39, 0.29) is 17.1 Å². The van der Waals surface area contributed by atoms with Crippen LogP contribution in [0.25, 0.3) is 10.8 Å². The number of nitrogens with zero attached hydrogens (tertiary/aromatic N) is 2. The number of aliphatic imine (C=N–C) groups is 1. The Labute approximate surface area is 152 Å². The number of rotatable bonds is 1. The summed E-state index contributed by atoms with van der Waals surface area (Å²) in [7, 11) is 0. The first-order chi connectivity index (χ1) is 11.4. The monoisotopic (exact) mass is 352 g/mol. The summed E-state index contributed by atoms with van der Waals surface area (Å²) in [4.78, 5) is 6.68. The number of hydrogen-bond donors (Lipinski definition) is 0. The summed E-state index contributed by atoms with van der Waals surface area (Å²) in [5, 5.41) is 2.46. The zero-order chi connectivity index (χ0) is 15.5. The summed E-state index contributed by atoms with van der Waals surface area (Å²) in [6.07, 6.45) is 1.90. The first-order valence-electron chi connectivity index (χ1n) is 7.67. The van der Waals surface area contributed by atoms with Gasteiger partial charge in [-0.3, -0.25) is 4.99 Å². The van der Waals surface area contributed by atoms with E-state index in [1.807, 2.05) is 48.8 Å². The van der Waals surface area contributed by atoms with Crippen molar-refractivity contribution in [2.24, 2.45) is 4.99 Å². The van der Waals surface area contributed by atoms with E-state index < -0.39 is 0 Å². The van der Waals surface area contributed by atoms with Crippen molar-refractivity contribution in [1.82, 2.24) is 0 Å². The molecule has 0 saturated heterocycles. The maximum absolute atomic E-state index is 4.55. The van der Waals surface area contributed by atoms with E-state index in [4.69, 9.17) is 0 Å². The van der Waals surface area contributed by atoms with Crippen LogP contribution in [0.4, 0.5) is 17.1 Å². The van der Waals surface area contributed by atoms with Gasteiger partial charge in [0.05, 0.1) is 5.69 Å². The second kappa shape index (κ2) is 7.31. The predicted molar refractivity (Wildman–Crippen MR) is 98.3 cm³/mol. The molecule has 1 heterocycles. The van der Waals surface area contributed by atoms with E-state index in [2.05, 4.69) is 58.4 Å². The van der Waals surface area contributed by atoms with Crippen LogP contribution in [0.5, 0.6) is 0 Å². The molecule has 0 aliphatic carbocycles. The van der Waals surface area contributed by atoms with Crippen LogP contribution in [-0.4, -0.2) is 6.34 Å². The van der Waals surface area contributed by atoms with Crippen molar-refractivity contribution in [3.63, 3.8) is 0 Å². The minimum atomic E-state index is 0. The van der Waals surface area contributed by atoms with Crippen LogP contribution >= 0.6 is 0 Å². The molecular weight excluding hydrogens is 336 g/mol. The Morgan fingerprint density at radius 3 is 2.21 bits per heavy atom. The Kier molecular flexibility index (Phi) is 4.95. The molecule has 24 heavy (non-hydrogen) atoms. The van der Waals surface area contributed by atoms with Gasteiger partial charge < -0.3 is 4.90 Å². The summed E-state index contributed by atoms with van der Waals surface area (Å²) in [6, 6.07) is 30.9. The Hall–Kier alpha value is -2.61. The first kappa shape index (κ1) is 16.3. The molecule has 3 heteroatoms. The Bertz CT molecular complexity index is 899. The number of hydrogen-bond acceptors (Lipinski definition) is 2. The van der Waals surface area contributed by atoms with Gasteiger partial charge in [0.1, 0.15) is 0 Å². The van der Waals surface area contributed by atoms with Crippen molar-refractivity contribution in [3.8, 4) is 0 Å². The van der Waals surface area contributed by atoms with E-state index in [9.17, 15) is 0 Å². The average Bonchev–Trinajstić information content (AvgIpc) is 3.32. The van der Waals surface area contributed by atoms with Gasteiger partial charge in [0.2, 0.25) is 0 Å².